The van der Waals surface area contributed by atoms with Crippen molar-refractivity contribution in [3.05, 3.63) is 92.9 Å². The van der Waals surface area contributed by atoms with E-state index in [1.54, 1.807) is 48.5 Å². The molecule has 2 amide bonds. The third-order valence-electron chi connectivity index (χ3n) is 3.91. The van der Waals surface area contributed by atoms with Crippen molar-refractivity contribution >= 4 is 64.5 Å². The van der Waals surface area contributed by atoms with E-state index < -0.39 is 17.8 Å². The van der Waals surface area contributed by atoms with Gasteiger partial charge in [0.25, 0.3) is 0 Å². The second-order valence-electron chi connectivity index (χ2n) is 6.25. The van der Waals surface area contributed by atoms with Crippen LogP contribution in [-0.4, -0.2) is 24.0 Å². The van der Waals surface area contributed by atoms with E-state index >= 15 is 0 Å². The van der Waals surface area contributed by atoms with Gasteiger partial charge in [0.2, 0.25) is 0 Å². The summed E-state index contributed by atoms with van der Waals surface area (Å²) in [5, 5.41) is 7.17. The van der Waals surface area contributed by atoms with Crippen molar-refractivity contribution in [3.63, 3.8) is 0 Å². The number of carbonyl (C=O) groups excluding carboxylic acids is 3. The molecule has 10 heteroatoms. The molecule has 3 aromatic rings. The van der Waals surface area contributed by atoms with Gasteiger partial charge in [0.15, 0.2) is 0 Å². The maximum Gasteiger partial charge on any atom is 0.343 e. The molecule has 0 saturated carbocycles. The highest BCUT2D eigenvalue weighted by Crippen LogP contribution is 2.25. The number of benzene rings is 3. The number of anilines is 1. The van der Waals surface area contributed by atoms with Crippen molar-refractivity contribution in [2.24, 2.45) is 5.10 Å². The maximum absolute atomic E-state index is 12.2. The highest BCUT2D eigenvalue weighted by atomic mass is 35.5. The Morgan fingerprint density at radius 3 is 2.31 bits per heavy atom. The van der Waals surface area contributed by atoms with E-state index in [1.807, 2.05) is 0 Å². The molecule has 0 aromatic heterocycles. The Hall–Kier alpha value is -3.39. The lowest BCUT2D eigenvalue weighted by Crippen LogP contribution is -2.32. The lowest BCUT2D eigenvalue weighted by Gasteiger charge is -2.06. The van der Waals surface area contributed by atoms with E-state index in [0.29, 0.717) is 26.9 Å². The molecule has 0 radical (unpaired) electrons. The average Bonchev–Trinajstić information content (AvgIpc) is 2.77. The van der Waals surface area contributed by atoms with Gasteiger partial charge in [-0.05, 0) is 60.2 Å². The molecule has 3 aromatic carbocycles. The lowest BCUT2D eigenvalue weighted by molar-refractivity contribution is -0.136. The molecule has 0 fully saturated rings. The number of nitrogens with one attached hydrogen (secondary N) is 2. The Balaban J connectivity index is 1.56. The van der Waals surface area contributed by atoms with Crippen LogP contribution in [0.3, 0.4) is 0 Å². The molecule has 162 valence electrons. The van der Waals surface area contributed by atoms with E-state index in [0.717, 1.165) is 0 Å². The number of rotatable bonds is 5. The van der Waals surface area contributed by atoms with E-state index in [-0.39, 0.29) is 10.8 Å². The summed E-state index contributed by atoms with van der Waals surface area (Å²) in [5.41, 5.74) is 3.28. The first-order valence-corrected chi connectivity index (χ1v) is 10.1. The van der Waals surface area contributed by atoms with E-state index in [1.165, 1.54) is 24.4 Å². The maximum atomic E-state index is 12.2. The average molecular weight is 491 g/mol. The number of hydrazone groups is 1. The summed E-state index contributed by atoms with van der Waals surface area (Å²) in [4.78, 5) is 36.0. The predicted octanol–water partition coefficient (Wildman–Crippen LogP) is 4.95. The summed E-state index contributed by atoms with van der Waals surface area (Å²) >= 11 is 17.5. The fraction of sp³-hybridized carbons (Fsp3) is 0. The van der Waals surface area contributed by atoms with Crippen molar-refractivity contribution in [2.75, 3.05) is 5.32 Å². The van der Waals surface area contributed by atoms with Gasteiger partial charge in [-0.3, -0.25) is 9.59 Å². The van der Waals surface area contributed by atoms with Crippen LogP contribution in [-0.2, 0) is 9.59 Å². The van der Waals surface area contributed by atoms with Crippen LogP contribution < -0.4 is 15.5 Å². The second kappa shape index (κ2) is 10.8. The first-order valence-electron chi connectivity index (χ1n) is 8.99. The zero-order valence-corrected chi connectivity index (χ0v) is 18.4. The minimum atomic E-state index is -0.988. The van der Waals surface area contributed by atoms with Crippen LogP contribution >= 0.6 is 34.8 Å². The van der Waals surface area contributed by atoms with Crippen molar-refractivity contribution in [3.8, 4) is 5.75 Å². The fourth-order valence-corrected chi connectivity index (χ4v) is 2.81. The van der Waals surface area contributed by atoms with Gasteiger partial charge in [0.05, 0.1) is 21.8 Å². The Kier molecular flexibility index (Phi) is 7.83. The van der Waals surface area contributed by atoms with Gasteiger partial charge in [-0.1, -0.05) is 46.9 Å². The van der Waals surface area contributed by atoms with Crippen molar-refractivity contribution in [2.45, 2.75) is 0 Å². The van der Waals surface area contributed by atoms with Gasteiger partial charge in [-0.2, -0.15) is 5.10 Å². The zero-order valence-electron chi connectivity index (χ0n) is 16.1. The standard InChI is InChI=1S/C22H14Cl3N3O4/c23-15-6-4-14(5-7-15)22(31)32-17-3-1-2-13(10-17)12-26-28-21(30)20(29)27-16-8-9-18(24)19(25)11-16/h1-12H,(H,27,29)(H,28,30). The highest BCUT2D eigenvalue weighted by Gasteiger charge is 2.13. The molecule has 0 saturated heterocycles. The van der Waals surface area contributed by atoms with Gasteiger partial charge in [-0.25, -0.2) is 10.2 Å². The van der Waals surface area contributed by atoms with Crippen molar-refractivity contribution in [1.29, 1.82) is 0 Å². The largest absolute Gasteiger partial charge is 0.423 e. The van der Waals surface area contributed by atoms with Crippen LogP contribution in [0.2, 0.25) is 15.1 Å². The number of esters is 1. The van der Waals surface area contributed by atoms with E-state index in [2.05, 4.69) is 15.8 Å². The first-order chi connectivity index (χ1) is 15.3. The third-order valence-corrected chi connectivity index (χ3v) is 4.90. The molecule has 0 aliphatic carbocycles. The monoisotopic (exact) mass is 489 g/mol. The number of hydrogen-bond donors (Lipinski definition) is 2. The normalized spacial score (nSPS) is 10.6. The summed E-state index contributed by atoms with van der Waals surface area (Å²) in [7, 11) is 0. The Bertz CT molecular complexity index is 1200. The summed E-state index contributed by atoms with van der Waals surface area (Å²) in [6.07, 6.45) is 1.30. The summed E-state index contributed by atoms with van der Waals surface area (Å²) in [6.45, 7) is 0. The minimum Gasteiger partial charge on any atom is -0.423 e. The third kappa shape index (κ3) is 6.55. The Morgan fingerprint density at radius 1 is 0.844 bits per heavy atom. The molecule has 0 unspecified atom stereocenters. The van der Waals surface area contributed by atoms with Gasteiger partial charge >= 0.3 is 17.8 Å². The molecule has 0 spiro atoms. The molecule has 0 bridgehead atoms. The number of amides is 2. The number of nitrogens with zero attached hydrogens (tertiary/aromatic N) is 1. The minimum absolute atomic E-state index is 0.236. The zero-order chi connectivity index (χ0) is 23.1. The molecule has 3 rings (SSSR count). The second-order valence-corrected chi connectivity index (χ2v) is 7.50. The van der Waals surface area contributed by atoms with E-state index in [9.17, 15) is 14.4 Å². The van der Waals surface area contributed by atoms with Crippen LogP contribution in [0.4, 0.5) is 5.69 Å². The van der Waals surface area contributed by atoms with Crippen molar-refractivity contribution in [1.82, 2.24) is 5.43 Å². The van der Waals surface area contributed by atoms with Crippen LogP contribution in [0.1, 0.15) is 15.9 Å². The fourth-order valence-electron chi connectivity index (χ4n) is 2.39. The van der Waals surface area contributed by atoms with E-state index in [4.69, 9.17) is 39.5 Å². The van der Waals surface area contributed by atoms with Gasteiger partial charge < -0.3 is 10.1 Å². The van der Waals surface area contributed by atoms with Crippen LogP contribution in [0.15, 0.2) is 71.8 Å². The van der Waals surface area contributed by atoms with Crippen LogP contribution in [0.25, 0.3) is 0 Å². The molecule has 7 nitrogen and oxygen atoms in total. The number of ether oxygens (including phenoxy) is 1. The summed E-state index contributed by atoms with van der Waals surface area (Å²) < 4.78 is 5.32. The molecule has 0 aliphatic rings. The topological polar surface area (TPSA) is 96.9 Å². The molecule has 0 heterocycles. The molecular weight excluding hydrogens is 477 g/mol. The SMILES string of the molecule is O=C(NN=Cc1cccc(OC(=O)c2ccc(Cl)cc2)c1)C(=O)Nc1ccc(Cl)c(Cl)c1. The van der Waals surface area contributed by atoms with Gasteiger partial charge in [0.1, 0.15) is 5.75 Å². The van der Waals surface area contributed by atoms with Crippen LogP contribution in [0.5, 0.6) is 5.75 Å². The van der Waals surface area contributed by atoms with Gasteiger partial charge in [0, 0.05) is 10.7 Å². The smallest absolute Gasteiger partial charge is 0.343 e. The van der Waals surface area contributed by atoms with Crippen molar-refractivity contribution < 1.29 is 19.1 Å². The quantitative estimate of drug-likeness (QED) is 0.174. The molecule has 0 aliphatic heterocycles. The Labute approximate surface area is 197 Å². The predicted molar refractivity (Wildman–Crippen MR) is 124 cm³/mol. The number of carbonyl (C=O) groups is 3. The first kappa shape index (κ1) is 23.3. The lowest BCUT2D eigenvalue weighted by atomic mass is 10.2. The molecule has 0 atom stereocenters. The summed E-state index contributed by atoms with van der Waals surface area (Å²) in [5.74, 6) is -2.20. The molecule has 32 heavy (non-hydrogen) atoms. The summed E-state index contributed by atoms with van der Waals surface area (Å²) in [6, 6.07) is 17.1. The number of halogens is 3. The molecular formula is C22H14Cl3N3O4. The molecule has 2 N–H and O–H groups in total. The Morgan fingerprint density at radius 2 is 1.59 bits per heavy atom. The number of hydrogen-bond acceptors (Lipinski definition) is 5. The highest BCUT2D eigenvalue weighted by molar-refractivity contribution is 6.43. The van der Waals surface area contributed by atoms with Gasteiger partial charge in [-0.15, -0.1) is 0 Å². The van der Waals surface area contributed by atoms with Crippen LogP contribution in [0, 0.1) is 0 Å².